The minimum atomic E-state index is -0.224. The second-order valence-electron chi connectivity index (χ2n) is 8.97. The maximum atomic E-state index is 14.1. The highest BCUT2D eigenvalue weighted by atomic mass is 35.5. The summed E-state index contributed by atoms with van der Waals surface area (Å²) in [5.74, 6) is 0.772. The number of halogens is 3. The largest absolute Gasteiger partial charge is 0.366 e. The molecule has 1 amide bonds. The van der Waals surface area contributed by atoms with E-state index in [4.69, 9.17) is 27.7 Å². The van der Waals surface area contributed by atoms with Gasteiger partial charge in [0.25, 0.3) is 0 Å². The summed E-state index contributed by atoms with van der Waals surface area (Å²) >= 11 is 12.2. The van der Waals surface area contributed by atoms with Crippen LogP contribution in [0, 0.1) is 11.7 Å². The van der Waals surface area contributed by atoms with Gasteiger partial charge in [0.2, 0.25) is 17.6 Å². The summed E-state index contributed by atoms with van der Waals surface area (Å²) in [6.45, 7) is 4.43. The van der Waals surface area contributed by atoms with Gasteiger partial charge in [0.1, 0.15) is 5.82 Å². The van der Waals surface area contributed by atoms with Crippen LogP contribution in [0.1, 0.15) is 18.7 Å². The number of anilines is 1. The molecule has 2 aliphatic heterocycles. The van der Waals surface area contributed by atoms with E-state index in [1.54, 1.807) is 30.3 Å². The molecule has 1 unspecified atom stereocenters. The van der Waals surface area contributed by atoms with Crippen molar-refractivity contribution in [3.05, 3.63) is 64.2 Å². The van der Waals surface area contributed by atoms with Gasteiger partial charge in [-0.3, -0.25) is 9.69 Å². The fourth-order valence-corrected chi connectivity index (χ4v) is 5.32. The Morgan fingerprint density at radius 3 is 2.66 bits per heavy atom. The van der Waals surface area contributed by atoms with E-state index >= 15 is 0 Å². The molecule has 0 radical (unpaired) electrons. The second kappa shape index (κ2) is 10.5. The van der Waals surface area contributed by atoms with E-state index in [-0.39, 0.29) is 17.6 Å². The van der Waals surface area contributed by atoms with Crippen molar-refractivity contribution >= 4 is 34.8 Å². The number of benzene rings is 2. The standard InChI is InChI=1S/C25H26Cl2FN5O2/c26-18-7-8-19(20(27)14-18)24-29-23(35-30-24)16-31-9-3-4-17(15-31)25(34)33-12-10-32(11-13-33)22-6-2-1-5-21(22)28/h1-2,5-8,14,17H,3-4,9-13,15-16H2. The molecular weight excluding hydrogens is 492 g/mol. The number of aromatic nitrogens is 2. The quantitative estimate of drug-likeness (QED) is 0.486. The SMILES string of the molecule is O=C(C1CCCN(Cc2nc(-c3ccc(Cl)cc3Cl)no2)C1)N1CCN(c2ccccc2F)CC1. The number of hydrogen-bond donors (Lipinski definition) is 0. The second-order valence-corrected chi connectivity index (χ2v) is 9.82. The molecule has 3 heterocycles. The minimum Gasteiger partial charge on any atom is -0.366 e. The Kier molecular flexibility index (Phi) is 7.22. The summed E-state index contributed by atoms with van der Waals surface area (Å²) in [6.07, 6.45) is 1.79. The normalized spacial score (nSPS) is 19.2. The molecule has 0 aliphatic carbocycles. The van der Waals surface area contributed by atoms with Crippen molar-refractivity contribution in [2.45, 2.75) is 19.4 Å². The smallest absolute Gasteiger partial charge is 0.241 e. The number of piperazine rings is 1. The van der Waals surface area contributed by atoms with Crippen molar-refractivity contribution in [2.75, 3.05) is 44.2 Å². The van der Waals surface area contributed by atoms with Crippen LogP contribution in [0.5, 0.6) is 0 Å². The summed E-state index contributed by atoms with van der Waals surface area (Å²) in [4.78, 5) is 23.8. The van der Waals surface area contributed by atoms with Gasteiger partial charge in [-0.2, -0.15) is 4.98 Å². The van der Waals surface area contributed by atoms with E-state index < -0.39 is 0 Å². The summed E-state index contributed by atoms with van der Waals surface area (Å²) in [6, 6.07) is 11.9. The predicted octanol–water partition coefficient (Wildman–Crippen LogP) is 4.74. The molecule has 35 heavy (non-hydrogen) atoms. The van der Waals surface area contributed by atoms with Crippen LogP contribution < -0.4 is 4.90 Å². The van der Waals surface area contributed by atoms with E-state index in [2.05, 4.69) is 15.0 Å². The van der Waals surface area contributed by atoms with Gasteiger partial charge in [-0.05, 0) is 49.7 Å². The van der Waals surface area contributed by atoms with E-state index in [0.29, 0.717) is 72.3 Å². The zero-order valence-electron chi connectivity index (χ0n) is 19.2. The topological polar surface area (TPSA) is 65.7 Å². The van der Waals surface area contributed by atoms with Crippen LogP contribution in [0.3, 0.4) is 0 Å². The molecule has 1 atom stereocenters. The van der Waals surface area contributed by atoms with Crippen molar-refractivity contribution < 1.29 is 13.7 Å². The summed E-state index contributed by atoms with van der Waals surface area (Å²) in [7, 11) is 0. The van der Waals surface area contributed by atoms with E-state index in [1.807, 2.05) is 15.9 Å². The third-order valence-electron chi connectivity index (χ3n) is 6.64. The molecule has 2 aliphatic rings. The van der Waals surface area contributed by atoms with Crippen molar-refractivity contribution in [3.8, 4) is 11.4 Å². The van der Waals surface area contributed by atoms with Gasteiger partial charge in [-0.15, -0.1) is 0 Å². The molecule has 0 N–H and O–H groups in total. The summed E-state index contributed by atoms with van der Waals surface area (Å²) in [5.41, 5.74) is 1.26. The fourth-order valence-electron chi connectivity index (χ4n) is 4.83. The Balaban J connectivity index is 1.17. The predicted molar refractivity (Wildman–Crippen MR) is 133 cm³/mol. The highest BCUT2D eigenvalue weighted by Crippen LogP contribution is 2.29. The zero-order chi connectivity index (χ0) is 24.4. The molecule has 0 bridgehead atoms. The first-order valence-corrected chi connectivity index (χ1v) is 12.5. The van der Waals surface area contributed by atoms with Crippen LogP contribution >= 0.6 is 23.2 Å². The maximum Gasteiger partial charge on any atom is 0.241 e. The number of piperidine rings is 1. The third kappa shape index (κ3) is 5.44. The van der Waals surface area contributed by atoms with E-state index in [1.165, 1.54) is 6.07 Å². The molecule has 5 rings (SSSR count). The van der Waals surface area contributed by atoms with Gasteiger partial charge in [0, 0.05) is 43.3 Å². The maximum absolute atomic E-state index is 14.1. The number of amides is 1. The first-order chi connectivity index (χ1) is 17.0. The summed E-state index contributed by atoms with van der Waals surface area (Å²) < 4.78 is 19.6. The number of para-hydroxylation sites is 1. The van der Waals surface area contributed by atoms with Crippen LogP contribution in [0.4, 0.5) is 10.1 Å². The lowest BCUT2D eigenvalue weighted by Gasteiger charge is -2.39. The molecule has 7 nitrogen and oxygen atoms in total. The summed E-state index contributed by atoms with van der Waals surface area (Å²) in [5, 5.41) is 5.06. The Bertz CT molecular complexity index is 1200. The monoisotopic (exact) mass is 517 g/mol. The molecule has 3 aromatic rings. The lowest BCUT2D eigenvalue weighted by atomic mass is 9.96. The minimum absolute atomic E-state index is 0.0723. The van der Waals surface area contributed by atoms with Crippen molar-refractivity contribution in [2.24, 2.45) is 5.92 Å². The fraction of sp³-hybridized carbons (Fsp3) is 0.400. The van der Waals surface area contributed by atoms with Crippen LogP contribution in [0.2, 0.25) is 10.0 Å². The van der Waals surface area contributed by atoms with Crippen LogP contribution in [-0.2, 0) is 11.3 Å². The number of carbonyl (C=O) groups is 1. The number of hydrogen-bond acceptors (Lipinski definition) is 6. The first kappa shape index (κ1) is 24.0. The molecule has 0 spiro atoms. The van der Waals surface area contributed by atoms with Crippen LogP contribution in [-0.4, -0.2) is 65.1 Å². The number of likely N-dealkylation sites (tertiary alicyclic amines) is 1. The van der Waals surface area contributed by atoms with Crippen molar-refractivity contribution in [1.29, 1.82) is 0 Å². The lowest BCUT2D eigenvalue weighted by Crippen LogP contribution is -2.52. The number of rotatable bonds is 5. The lowest BCUT2D eigenvalue weighted by molar-refractivity contribution is -0.137. The van der Waals surface area contributed by atoms with Crippen molar-refractivity contribution in [3.63, 3.8) is 0 Å². The highest BCUT2D eigenvalue weighted by Gasteiger charge is 2.32. The average molecular weight is 518 g/mol. The molecular formula is C25H26Cl2FN5O2. The highest BCUT2D eigenvalue weighted by molar-refractivity contribution is 6.36. The van der Waals surface area contributed by atoms with Crippen LogP contribution in [0.15, 0.2) is 47.0 Å². The average Bonchev–Trinajstić information content (AvgIpc) is 3.32. The van der Waals surface area contributed by atoms with Gasteiger partial charge >= 0.3 is 0 Å². The van der Waals surface area contributed by atoms with Gasteiger partial charge < -0.3 is 14.3 Å². The Hall–Kier alpha value is -2.68. The molecule has 1 aromatic heterocycles. The first-order valence-electron chi connectivity index (χ1n) is 11.8. The van der Waals surface area contributed by atoms with Gasteiger partial charge in [0.05, 0.1) is 23.2 Å². The Morgan fingerprint density at radius 1 is 1.09 bits per heavy atom. The number of carbonyl (C=O) groups excluding carboxylic acids is 1. The third-order valence-corrected chi connectivity index (χ3v) is 7.19. The Morgan fingerprint density at radius 2 is 1.89 bits per heavy atom. The molecule has 2 fully saturated rings. The van der Waals surface area contributed by atoms with Crippen molar-refractivity contribution in [1.82, 2.24) is 19.9 Å². The van der Waals surface area contributed by atoms with Gasteiger partial charge in [-0.1, -0.05) is 40.5 Å². The van der Waals surface area contributed by atoms with E-state index in [9.17, 15) is 9.18 Å². The van der Waals surface area contributed by atoms with E-state index in [0.717, 1.165) is 19.4 Å². The molecule has 184 valence electrons. The molecule has 2 aromatic carbocycles. The zero-order valence-corrected chi connectivity index (χ0v) is 20.7. The number of nitrogens with zero attached hydrogens (tertiary/aromatic N) is 5. The van der Waals surface area contributed by atoms with Crippen LogP contribution in [0.25, 0.3) is 11.4 Å². The Labute approximate surface area is 213 Å². The molecule has 2 saturated heterocycles. The molecule has 0 saturated carbocycles. The van der Waals surface area contributed by atoms with Gasteiger partial charge in [0.15, 0.2) is 0 Å². The van der Waals surface area contributed by atoms with Gasteiger partial charge in [-0.25, -0.2) is 4.39 Å². The molecule has 10 heteroatoms.